The van der Waals surface area contributed by atoms with Gasteiger partial charge in [0.15, 0.2) is 16.9 Å². The molecule has 0 fully saturated rings. The lowest BCUT2D eigenvalue weighted by atomic mass is 9.97. The summed E-state index contributed by atoms with van der Waals surface area (Å²) in [6.07, 6.45) is 3.03. The van der Waals surface area contributed by atoms with E-state index < -0.39 is 11.9 Å². The number of halogens is 1. The molecule has 166 valence electrons. The van der Waals surface area contributed by atoms with Crippen molar-refractivity contribution in [2.75, 3.05) is 12.0 Å². The van der Waals surface area contributed by atoms with E-state index in [0.717, 1.165) is 11.1 Å². The molecule has 1 N–H and O–H groups in total. The quantitative estimate of drug-likeness (QED) is 0.437. The van der Waals surface area contributed by atoms with Gasteiger partial charge in [0.1, 0.15) is 5.58 Å². The molecular weight excluding hydrogens is 490 g/mol. The van der Waals surface area contributed by atoms with Gasteiger partial charge in [0.25, 0.3) is 5.91 Å². The van der Waals surface area contributed by atoms with E-state index in [0.29, 0.717) is 21.0 Å². The Labute approximate surface area is 196 Å². The molecule has 0 saturated carbocycles. The Balaban J connectivity index is 1.85. The number of hydrogen-bond donors (Lipinski definition) is 1. The molecule has 5 rings (SSSR count). The zero-order chi connectivity index (χ0) is 23.4. The van der Waals surface area contributed by atoms with Gasteiger partial charge in [0, 0.05) is 12.4 Å². The number of amides is 1. The van der Waals surface area contributed by atoms with E-state index in [1.54, 1.807) is 30.3 Å². The van der Waals surface area contributed by atoms with Crippen molar-refractivity contribution in [3.8, 4) is 11.5 Å². The number of phenolic OH excluding ortho intramolecular Hbond substituents is 1. The lowest BCUT2D eigenvalue weighted by molar-refractivity contribution is 0.0969. The number of rotatable bonds is 3. The first-order valence-electron chi connectivity index (χ1n) is 10.1. The molecule has 1 unspecified atom stereocenters. The van der Waals surface area contributed by atoms with Crippen LogP contribution in [0.2, 0.25) is 0 Å². The SMILES string of the molecule is COc1cc(C2c3c(oc4cc(C)c(C)cc4c3=O)C(=O)N2c2ncccn2)cc(Br)c1O. The van der Waals surface area contributed by atoms with E-state index in [2.05, 4.69) is 25.9 Å². The van der Waals surface area contributed by atoms with Crippen molar-refractivity contribution >= 4 is 38.8 Å². The Morgan fingerprint density at radius 2 is 1.79 bits per heavy atom. The minimum atomic E-state index is -0.886. The third-order valence-electron chi connectivity index (χ3n) is 5.84. The summed E-state index contributed by atoms with van der Waals surface area (Å²) in [5, 5.41) is 10.7. The third-order valence-corrected chi connectivity index (χ3v) is 6.45. The van der Waals surface area contributed by atoms with Crippen molar-refractivity contribution in [1.82, 2.24) is 9.97 Å². The van der Waals surface area contributed by atoms with Crippen molar-refractivity contribution in [3.63, 3.8) is 0 Å². The van der Waals surface area contributed by atoms with Gasteiger partial charge in [0.05, 0.1) is 28.6 Å². The topological polar surface area (TPSA) is 106 Å². The van der Waals surface area contributed by atoms with Crippen LogP contribution < -0.4 is 15.1 Å². The van der Waals surface area contributed by atoms with Crippen LogP contribution in [-0.4, -0.2) is 28.1 Å². The van der Waals surface area contributed by atoms with Crippen molar-refractivity contribution in [2.45, 2.75) is 19.9 Å². The number of aromatic hydroxyl groups is 1. The zero-order valence-electron chi connectivity index (χ0n) is 17.9. The van der Waals surface area contributed by atoms with Crippen LogP contribution in [-0.2, 0) is 0 Å². The number of benzene rings is 2. The molecule has 33 heavy (non-hydrogen) atoms. The lowest BCUT2D eigenvalue weighted by Crippen LogP contribution is -2.31. The smallest absolute Gasteiger partial charge is 0.297 e. The summed E-state index contributed by atoms with van der Waals surface area (Å²) < 4.78 is 11.7. The van der Waals surface area contributed by atoms with Crippen LogP contribution in [0.25, 0.3) is 11.0 Å². The predicted molar refractivity (Wildman–Crippen MR) is 125 cm³/mol. The molecule has 0 radical (unpaired) electrons. The minimum Gasteiger partial charge on any atom is -0.503 e. The minimum absolute atomic E-state index is 0.0589. The van der Waals surface area contributed by atoms with Gasteiger partial charge in [-0.3, -0.25) is 14.5 Å². The summed E-state index contributed by atoms with van der Waals surface area (Å²) in [7, 11) is 1.42. The van der Waals surface area contributed by atoms with Crippen LogP contribution in [0.5, 0.6) is 11.5 Å². The number of methoxy groups -OCH3 is 1. The number of phenols is 1. The Morgan fingerprint density at radius 3 is 2.48 bits per heavy atom. The monoisotopic (exact) mass is 507 g/mol. The van der Waals surface area contributed by atoms with Crippen molar-refractivity contribution in [3.05, 3.63) is 85.4 Å². The molecule has 1 amide bonds. The normalized spacial score (nSPS) is 15.2. The highest BCUT2D eigenvalue weighted by molar-refractivity contribution is 9.10. The number of carbonyl (C=O) groups excluding carboxylic acids is 1. The fourth-order valence-corrected chi connectivity index (χ4v) is 4.53. The van der Waals surface area contributed by atoms with Crippen molar-refractivity contribution in [2.24, 2.45) is 0 Å². The first kappa shape index (κ1) is 21.1. The number of nitrogens with zero attached hydrogens (tertiary/aromatic N) is 3. The lowest BCUT2D eigenvalue weighted by Gasteiger charge is -2.23. The molecule has 1 aliphatic heterocycles. The second-order valence-electron chi connectivity index (χ2n) is 7.79. The highest BCUT2D eigenvalue weighted by Crippen LogP contribution is 2.44. The largest absolute Gasteiger partial charge is 0.503 e. The van der Waals surface area contributed by atoms with Gasteiger partial charge in [-0.2, -0.15) is 0 Å². The summed E-state index contributed by atoms with van der Waals surface area (Å²) in [6.45, 7) is 3.83. The van der Waals surface area contributed by atoms with Gasteiger partial charge in [-0.1, -0.05) is 0 Å². The van der Waals surface area contributed by atoms with E-state index in [-0.39, 0.29) is 34.2 Å². The first-order valence-corrected chi connectivity index (χ1v) is 10.9. The van der Waals surface area contributed by atoms with E-state index in [1.165, 1.54) is 24.4 Å². The summed E-state index contributed by atoms with van der Waals surface area (Å²) >= 11 is 3.33. The number of hydrogen-bond acceptors (Lipinski definition) is 7. The Kier molecular flexibility index (Phi) is 4.93. The molecule has 8 nitrogen and oxygen atoms in total. The van der Waals surface area contributed by atoms with Crippen LogP contribution in [0.4, 0.5) is 5.95 Å². The summed E-state index contributed by atoms with van der Waals surface area (Å²) in [6, 6.07) is 7.49. The van der Waals surface area contributed by atoms with E-state index in [4.69, 9.17) is 9.15 Å². The number of anilines is 1. The number of carbonyl (C=O) groups is 1. The van der Waals surface area contributed by atoms with Crippen LogP contribution >= 0.6 is 15.9 Å². The first-order chi connectivity index (χ1) is 15.8. The van der Waals surface area contributed by atoms with Crippen molar-refractivity contribution in [1.29, 1.82) is 0 Å². The highest BCUT2D eigenvalue weighted by atomic mass is 79.9. The molecular formula is C24H18BrN3O5. The average molecular weight is 508 g/mol. The molecule has 9 heteroatoms. The Morgan fingerprint density at radius 1 is 1.09 bits per heavy atom. The third kappa shape index (κ3) is 3.19. The molecule has 0 aliphatic carbocycles. The summed E-state index contributed by atoms with van der Waals surface area (Å²) in [4.78, 5) is 37.1. The summed E-state index contributed by atoms with van der Waals surface area (Å²) in [5.74, 6) is -0.369. The number of ether oxygens (including phenoxy) is 1. The van der Waals surface area contributed by atoms with Crippen LogP contribution in [0.15, 0.2) is 56.4 Å². The molecule has 3 heterocycles. The predicted octanol–water partition coefficient (Wildman–Crippen LogP) is 4.43. The molecule has 1 atom stereocenters. The fraction of sp³-hybridized carbons (Fsp3) is 0.167. The van der Waals surface area contributed by atoms with E-state index in [1.807, 2.05) is 13.8 Å². The molecule has 1 aliphatic rings. The molecule has 0 saturated heterocycles. The van der Waals surface area contributed by atoms with Gasteiger partial charge in [0.2, 0.25) is 11.7 Å². The van der Waals surface area contributed by atoms with Crippen LogP contribution in [0.1, 0.15) is 38.9 Å². The van der Waals surface area contributed by atoms with Crippen LogP contribution in [0.3, 0.4) is 0 Å². The van der Waals surface area contributed by atoms with Gasteiger partial charge in [-0.15, -0.1) is 0 Å². The second-order valence-corrected chi connectivity index (χ2v) is 8.64. The van der Waals surface area contributed by atoms with Crippen LogP contribution in [0, 0.1) is 13.8 Å². The van der Waals surface area contributed by atoms with Gasteiger partial charge >= 0.3 is 0 Å². The van der Waals surface area contributed by atoms with E-state index >= 15 is 0 Å². The van der Waals surface area contributed by atoms with Gasteiger partial charge in [-0.25, -0.2) is 9.97 Å². The maximum Gasteiger partial charge on any atom is 0.297 e. The maximum absolute atomic E-state index is 13.7. The molecule has 2 aromatic heterocycles. The zero-order valence-corrected chi connectivity index (χ0v) is 19.5. The van der Waals surface area contributed by atoms with Gasteiger partial charge in [-0.05, 0) is 76.8 Å². The van der Waals surface area contributed by atoms with Gasteiger partial charge < -0.3 is 14.3 Å². The average Bonchev–Trinajstić information content (AvgIpc) is 3.10. The highest BCUT2D eigenvalue weighted by Gasteiger charge is 2.45. The van der Waals surface area contributed by atoms with Crippen molar-refractivity contribution < 1.29 is 19.1 Å². The fourth-order valence-electron chi connectivity index (χ4n) is 4.07. The number of aromatic nitrogens is 2. The number of aryl methyl sites for hydroxylation is 2. The van der Waals surface area contributed by atoms with E-state index in [9.17, 15) is 14.7 Å². The Hall–Kier alpha value is -3.72. The molecule has 4 aromatic rings. The second kappa shape index (κ2) is 7.70. The molecule has 0 bridgehead atoms. The standard InChI is InChI=1S/C24H18BrN3O5/c1-11-7-14-16(8-12(11)2)33-22-18(20(14)29)19(13-9-15(25)21(30)17(10-13)32-3)28(23(22)31)24-26-5-4-6-27-24/h4-10,19,30H,1-3H3. The maximum atomic E-state index is 13.7. The Bertz CT molecular complexity index is 1500. The number of fused-ring (bicyclic) bond motifs is 2. The summed E-state index contributed by atoms with van der Waals surface area (Å²) in [5.41, 5.74) is 2.62. The molecule has 2 aromatic carbocycles. The molecule has 0 spiro atoms.